The molecule has 0 fully saturated rings. The highest BCUT2D eigenvalue weighted by molar-refractivity contribution is 5.69. The normalized spacial score (nSPS) is 12.3. The van der Waals surface area contributed by atoms with Crippen molar-refractivity contribution in [1.29, 1.82) is 0 Å². The summed E-state index contributed by atoms with van der Waals surface area (Å²) in [6.45, 7) is 11.5. The number of hydrogen-bond acceptors (Lipinski definition) is 2. The quantitative estimate of drug-likeness (QED) is 0.161. The number of esters is 1. The molecule has 0 N–H and O–H groups in total. The predicted octanol–water partition coefficient (Wildman–Crippen LogP) is 7.49. The van der Waals surface area contributed by atoms with E-state index < -0.39 is 0 Å². The summed E-state index contributed by atoms with van der Waals surface area (Å²) in [5.74, 6) is 1.48. The highest BCUT2D eigenvalue weighted by Crippen LogP contribution is 2.24. The van der Waals surface area contributed by atoms with Crippen molar-refractivity contribution in [2.45, 2.75) is 98.8 Å². The van der Waals surface area contributed by atoms with Gasteiger partial charge in [0.15, 0.2) is 0 Å². The first kappa shape index (κ1) is 24.9. The number of ether oxygens (including phenoxy) is 1. The van der Waals surface area contributed by atoms with E-state index in [1.54, 1.807) is 0 Å². The molecule has 0 aliphatic heterocycles. The van der Waals surface area contributed by atoms with Crippen molar-refractivity contribution in [3.63, 3.8) is 0 Å². The van der Waals surface area contributed by atoms with Gasteiger partial charge in [-0.1, -0.05) is 84.6 Å². The predicted molar refractivity (Wildman–Crippen MR) is 114 cm³/mol. The molecule has 0 aliphatic rings. The van der Waals surface area contributed by atoms with Crippen molar-refractivity contribution >= 4 is 5.97 Å². The molecule has 0 aromatic heterocycles. The molecule has 0 amide bonds. The van der Waals surface area contributed by atoms with E-state index >= 15 is 0 Å². The van der Waals surface area contributed by atoms with Gasteiger partial charge in [0, 0.05) is 6.42 Å². The molecule has 0 unspecified atom stereocenters. The van der Waals surface area contributed by atoms with Gasteiger partial charge < -0.3 is 4.74 Å². The first-order chi connectivity index (χ1) is 12.5. The summed E-state index contributed by atoms with van der Waals surface area (Å²) in [7, 11) is 0. The second kappa shape index (κ2) is 17.4. The van der Waals surface area contributed by atoms with Crippen LogP contribution in [0.15, 0.2) is 24.3 Å². The van der Waals surface area contributed by atoms with Crippen LogP contribution in [0.3, 0.4) is 0 Å². The third-order valence-electron chi connectivity index (χ3n) is 4.98. The topological polar surface area (TPSA) is 26.3 Å². The first-order valence-corrected chi connectivity index (χ1v) is 10.9. The van der Waals surface area contributed by atoms with Gasteiger partial charge in [0.2, 0.25) is 0 Å². The van der Waals surface area contributed by atoms with Gasteiger partial charge in [0.1, 0.15) is 0 Å². The summed E-state index contributed by atoms with van der Waals surface area (Å²) >= 11 is 0. The second-order valence-corrected chi connectivity index (χ2v) is 8.07. The van der Waals surface area contributed by atoms with Crippen molar-refractivity contribution in [3.05, 3.63) is 24.3 Å². The van der Waals surface area contributed by atoms with Crippen LogP contribution in [0.25, 0.3) is 0 Å². The molecule has 0 saturated carbocycles. The summed E-state index contributed by atoms with van der Waals surface area (Å²) < 4.78 is 5.42. The van der Waals surface area contributed by atoms with Gasteiger partial charge in [-0.2, -0.15) is 0 Å². The Morgan fingerprint density at radius 3 is 2.00 bits per heavy atom. The maximum atomic E-state index is 11.9. The van der Waals surface area contributed by atoms with E-state index in [2.05, 4.69) is 58.9 Å². The molecule has 0 aromatic rings. The Balaban J connectivity index is 3.48. The Morgan fingerprint density at radius 1 is 0.808 bits per heavy atom. The fourth-order valence-electron chi connectivity index (χ4n) is 3.31. The van der Waals surface area contributed by atoms with Crippen LogP contribution < -0.4 is 0 Å². The first-order valence-electron chi connectivity index (χ1n) is 10.9. The molecule has 26 heavy (non-hydrogen) atoms. The van der Waals surface area contributed by atoms with E-state index in [1.165, 1.54) is 38.5 Å². The molecule has 0 aliphatic carbocycles. The van der Waals surface area contributed by atoms with Crippen LogP contribution in [0.1, 0.15) is 98.8 Å². The van der Waals surface area contributed by atoms with Crippen LogP contribution in [0.5, 0.6) is 0 Å². The molecule has 2 heteroatoms. The van der Waals surface area contributed by atoms with Crippen LogP contribution in [0.4, 0.5) is 0 Å². The standard InChI is InChI=1S/C24H44O2/c1-6-7-8-9-10-11-12-13-14-15-16-17-18-19-26-24(25)20-23(21(2)3)22(4)5/h7-8,10-11,21-23H,6,9,12-20H2,1-5H3/b8-7-,11-10-. The minimum atomic E-state index is -0.0158. The Labute approximate surface area is 163 Å². The third kappa shape index (κ3) is 15.2. The minimum Gasteiger partial charge on any atom is -0.466 e. The van der Waals surface area contributed by atoms with Crippen LogP contribution >= 0.6 is 0 Å². The van der Waals surface area contributed by atoms with Gasteiger partial charge in [0.25, 0.3) is 0 Å². The number of hydrogen-bond donors (Lipinski definition) is 0. The lowest BCUT2D eigenvalue weighted by Gasteiger charge is -2.23. The number of allylic oxidation sites excluding steroid dienone is 4. The van der Waals surface area contributed by atoms with Crippen LogP contribution in [-0.2, 0) is 9.53 Å². The Hall–Kier alpha value is -1.05. The maximum Gasteiger partial charge on any atom is 0.306 e. The summed E-state index contributed by atoms with van der Waals surface area (Å²) in [5.41, 5.74) is 0. The van der Waals surface area contributed by atoms with E-state index in [1.807, 2.05) is 0 Å². The summed E-state index contributed by atoms with van der Waals surface area (Å²) in [6.07, 6.45) is 20.3. The highest BCUT2D eigenvalue weighted by Gasteiger charge is 2.21. The summed E-state index contributed by atoms with van der Waals surface area (Å²) in [5, 5.41) is 0. The maximum absolute atomic E-state index is 11.9. The lowest BCUT2D eigenvalue weighted by molar-refractivity contribution is -0.145. The fourth-order valence-corrected chi connectivity index (χ4v) is 3.31. The van der Waals surface area contributed by atoms with E-state index in [-0.39, 0.29) is 5.97 Å². The van der Waals surface area contributed by atoms with Crippen molar-refractivity contribution in [2.24, 2.45) is 17.8 Å². The SMILES string of the molecule is CC/C=C\C/C=C\CCCCCCCCOC(=O)CC(C(C)C)C(C)C. The number of carbonyl (C=O) groups is 1. The molecule has 0 rings (SSSR count). The highest BCUT2D eigenvalue weighted by atomic mass is 16.5. The van der Waals surface area contributed by atoms with Crippen molar-refractivity contribution in [1.82, 2.24) is 0 Å². The van der Waals surface area contributed by atoms with Crippen LogP contribution in [0, 0.1) is 17.8 Å². The van der Waals surface area contributed by atoms with E-state index in [4.69, 9.17) is 4.74 Å². The zero-order valence-corrected chi connectivity index (χ0v) is 18.1. The number of rotatable bonds is 16. The number of carbonyl (C=O) groups excluding carboxylic acids is 1. The van der Waals surface area contributed by atoms with Crippen molar-refractivity contribution in [3.8, 4) is 0 Å². The third-order valence-corrected chi connectivity index (χ3v) is 4.98. The van der Waals surface area contributed by atoms with Gasteiger partial charge in [-0.25, -0.2) is 0 Å². The molecule has 0 saturated heterocycles. The zero-order chi connectivity index (χ0) is 19.6. The monoisotopic (exact) mass is 364 g/mol. The van der Waals surface area contributed by atoms with Crippen molar-refractivity contribution in [2.75, 3.05) is 6.61 Å². The Bertz CT molecular complexity index is 372. The molecule has 0 radical (unpaired) electrons. The molecule has 0 atom stereocenters. The van der Waals surface area contributed by atoms with Gasteiger partial charge in [-0.15, -0.1) is 0 Å². The van der Waals surface area contributed by atoms with E-state index in [9.17, 15) is 4.79 Å². The summed E-state index contributed by atoms with van der Waals surface area (Å²) in [4.78, 5) is 11.9. The van der Waals surface area contributed by atoms with Crippen LogP contribution in [0.2, 0.25) is 0 Å². The zero-order valence-electron chi connectivity index (χ0n) is 18.1. The van der Waals surface area contributed by atoms with E-state index in [0.29, 0.717) is 30.8 Å². The molecule has 2 nitrogen and oxygen atoms in total. The van der Waals surface area contributed by atoms with Gasteiger partial charge in [-0.3, -0.25) is 4.79 Å². The van der Waals surface area contributed by atoms with Crippen LogP contribution in [-0.4, -0.2) is 12.6 Å². The lowest BCUT2D eigenvalue weighted by atomic mass is 9.83. The van der Waals surface area contributed by atoms with Gasteiger partial charge in [0.05, 0.1) is 6.61 Å². The molecule has 0 aromatic carbocycles. The minimum absolute atomic E-state index is 0.0158. The average Bonchev–Trinajstić information content (AvgIpc) is 2.59. The van der Waals surface area contributed by atoms with Gasteiger partial charge >= 0.3 is 5.97 Å². The fraction of sp³-hybridized carbons (Fsp3) is 0.792. The average molecular weight is 365 g/mol. The molecule has 0 spiro atoms. The second-order valence-electron chi connectivity index (χ2n) is 8.07. The molecule has 0 bridgehead atoms. The van der Waals surface area contributed by atoms with Gasteiger partial charge in [-0.05, 0) is 49.9 Å². The molecule has 0 heterocycles. The Kier molecular flexibility index (Phi) is 16.7. The van der Waals surface area contributed by atoms with Crippen molar-refractivity contribution < 1.29 is 9.53 Å². The Morgan fingerprint density at radius 2 is 1.38 bits per heavy atom. The lowest BCUT2D eigenvalue weighted by Crippen LogP contribution is -2.21. The molecule has 152 valence electrons. The largest absolute Gasteiger partial charge is 0.466 e. The molecular weight excluding hydrogens is 320 g/mol. The number of unbranched alkanes of at least 4 members (excludes halogenated alkanes) is 6. The smallest absolute Gasteiger partial charge is 0.306 e. The summed E-state index contributed by atoms with van der Waals surface area (Å²) in [6, 6.07) is 0. The molecular formula is C24H44O2. The van der Waals surface area contributed by atoms with E-state index in [0.717, 1.165) is 19.3 Å².